The van der Waals surface area contributed by atoms with Crippen LogP contribution in [0.3, 0.4) is 0 Å². The van der Waals surface area contributed by atoms with Crippen LogP contribution < -0.4 is 4.74 Å². The summed E-state index contributed by atoms with van der Waals surface area (Å²) in [6, 6.07) is 10.6. The van der Waals surface area contributed by atoms with Crippen molar-refractivity contribution in [2.45, 2.75) is 6.92 Å². The van der Waals surface area contributed by atoms with Crippen molar-refractivity contribution in [1.29, 1.82) is 0 Å². The van der Waals surface area contributed by atoms with Gasteiger partial charge in [0.1, 0.15) is 17.2 Å². The highest BCUT2D eigenvalue weighted by Crippen LogP contribution is 2.25. The molecule has 1 N–H and O–H groups in total. The van der Waals surface area contributed by atoms with Crippen molar-refractivity contribution in [3.8, 4) is 11.5 Å². The number of hydrogen-bond acceptors (Lipinski definition) is 3. The monoisotopic (exact) mass is 255 g/mol. The molecule has 0 saturated carbocycles. The van der Waals surface area contributed by atoms with E-state index in [1.165, 1.54) is 12.3 Å². The minimum absolute atomic E-state index is 0.00547. The number of carboxylic acid groups (broad SMARTS) is 1. The summed E-state index contributed by atoms with van der Waals surface area (Å²) < 4.78 is 5.69. The van der Waals surface area contributed by atoms with Gasteiger partial charge in [-0.25, -0.2) is 9.78 Å². The average molecular weight is 255 g/mol. The predicted molar refractivity (Wildman–Crippen MR) is 72.4 cm³/mol. The first-order valence-electron chi connectivity index (χ1n) is 5.79. The first kappa shape index (κ1) is 12.8. The quantitative estimate of drug-likeness (QED) is 0.906. The maximum Gasteiger partial charge on any atom is 0.354 e. The Morgan fingerprint density at radius 3 is 2.68 bits per heavy atom. The van der Waals surface area contributed by atoms with E-state index >= 15 is 0 Å². The Labute approximate surface area is 111 Å². The van der Waals surface area contributed by atoms with Gasteiger partial charge < -0.3 is 9.84 Å². The van der Waals surface area contributed by atoms with Gasteiger partial charge >= 0.3 is 5.97 Å². The van der Waals surface area contributed by atoms with Gasteiger partial charge in [-0.05, 0) is 25.1 Å². The highest BCUT2D eigenvalue weighted by atomic mass is 16.5. The van der Waals surface area contributed by atoms with E-state index in [4.69, 9.17) is 9.84 Å². The number of carboxylic acids is 1. The zero-order valence-electron chi connectivity index (χ0n) is 10.4. The molecule has 2 rings (SSSR count). The lowest BCUT2D eigenvalue weighted by atomic mass is 10.2. The van der Waals surface area contributed by atoms with Crippen molar-refractivity contribution in [3.05, 3.63) is 59.9 Å². The lowest BCUT2D eigenvalue weighted by Gasteiger charge is -2.08. The molecule has 96 valence electrons. The van der Waals surface area contributed by atoms with E-state index in [2.05, 4.69) is 4.98 Å². The largest absolute Gasteiger partial charge is 0.477 e. The molecule has 4 heteroatoms. The minimum atomic E-state index is -1.05. The van der Waals surface area contributed by atoms with Gasteiger partial charge in [0.05, 0.1) is 6.20 Å². The topological polar surface area (TPSA) is 59.4 Å². The normalized spacial score (nSPS) is 10.6. The SMILES string of the molecule is C/C=C/c1ccccc1Oc1ccc(C(=O)O)nc1. The Morgan fingerprint density at radius 1 is 1.26 bits per heavy atom. The van der Waals surface area contributed by atoms with Gasteiger partial charge in [0.15, 0.2) is 0 Å². The fourth-order valence-corrected chi connectivity index (χ4v) is 1.58. The van der Waals surface area contributed by atoms with Gasteiger partial charge in [-0.15, -0.1) is 0 Å². The van der Waals surface area contributed by atoms with Crippen molar-refractivity contribution in [2.75, 3.05) is 0 Å². The summed E-state index contributed by atoms with van der Waals surface area (Å²) in [4.78, 5) is 14.5. The van der Waals surface area contributed by atoms with Crippen molar-refractivity contribution in [3.63, 3.8) is 0 Å². The van der Waals surface area contributed by atoms with Gasteiger partial charge in [-0.1, -0.05) is 30.4 Å². The van der Waals surface area contributed by atoms with E-state index in [-0.39, 0.29) is 5.69 Å². The van der Waals surface area contributed by atoms with Crippen LogP contribution in [0.15, 0.2) is 48.7 Å². The summed E-state index contributed by atoms with van der Waals surface area (Å²) in [6.45, 7) is 1.93. The molecule has 0 aliphatic rings. The van der Waals surface area contributed by atoms with Gasteiger partial charge in [-0.3, -0.25) is 0 Å². The number of benzene rings is 1. The maximum atomic E-state index is 10.7. The van der Waals surface area contributed by atoms with Crippen LogP contribution in [0.25, 0.3) is 6.08 Å². The predicted octanol–water partition coefficient (Wildman–Crippen LogP) is 3.61. The summed E-state index contributed by atoms with van der Waals surface area (Å²) in [6.07, 6.45) is 5.26. The number of pyridine rings is 1. The molecule has 0 bridgehead atoms. The van der Waals surface area contributed by atoms with Gasteiger partial charge in [0.2, 0.25) is 0 Å². The number of carbonyl (C=O) groups is 1. The molecular weight excluding hydrogens is 242 g/mol. The van der Waals surface area contributed by atoms with Gasteiger partial charge in [0, 0.05) is 5.56 Å². The zero-order chi connectivity index (χ0) is 13.7. The number of ether oxygens (including phenoxy) is 1. The zero-order valence-corrected chi connectivity index (χ0v) is 10.4. The molecule has 0 unspecified atom stereocenters. The third kappa shape index (κ3) is 3.19. The number of allylic oxidation sites excluding steroid dienone is 1. The number of nitrogens with zero attached hydrogens (tertiary/aromatic N) is 1. The van der Waals surface area contributed by atoms with Crippen LogP contribution in [-0.2, 0) is 0 Å². The molecule has 0 aliphatic heterocycles. The van der Waals surface area contributed by atoms with Crippen molar-refractivity contribution >= 4 is 12.0 Å². The molecule has 0 amide bonds. The number of aromatic nitrogens is 1. The molecule has 0 spiro atoms. The smallest absolute Gasteiger partial charge is 0.354 e. The summed E-state index contributed by atoms with van der Waals surface area (Å²) >= 11 is 0. The minimum Gasteiger partial charge on any atom is -0.477 e. The molecule has 1 aromatic carbocycles. The molecule has 0 aliphatic carbocycles. The standard InChI is InChI=1S/C15H13NO3/c1-2-5-11-6-3-4-7-14(11)19-12-8-9-13(15(17)18)16-10-12/h2-10H,1H3,(H,17,18)/b5-2+. The lowest BCUT2D eigenvalue weighted by Crippen LogP contribution is -1.99. The van der Waals surface area contributed by atoms with Crippen LogP contribution in [0.2, 0.25) is 0 Å². The Kier molecular flexibility index (Phi) is 3.93. The molecular formula is C15H13NO3. The highest BCUT2D eigenvalue weighted by molar-refractivity contribution is 5.85. The molecule has 19 heavy (non-hydrogen) atoms. The number of aromatic carboxylic acids is 1. The van der Waals surface area contributed by atoms with Crippen LogP contribution >= 0.6 is 0 Å². The van der Waals surface area contributed by atoms with E-state index in [0.717, 1.165) is 5.56 Å². The maximum absolute atomic E-state index is 10.7. The molecule has 0 saturated heterocycles. The number of para-hydroxylation sites is 1. The highest BCUT2D eigenvalue weighted by Gasteiger charge is 2.06. The van der Waals surface area contributed by atoms with Gasteiger partial charge in [0.25, 0.3) is 0 Å². The Bertz CT molecular complexity index is 603. The Balaban J connectivity index is 2.23. The van der Waals surface area contributed by atoms with E-state index in [1.54, 1.807) is 6.07 Å². The van der Waals surface area contributed by atoms with Crippen molar-refractivity contribution in [1.82, 2.24) is 4.98 Å². The van der Waals surface area contributed by atoms with E-state index in [9.17, 15) is 4.79 Å². The van der Waals surface area contributed by atoms with Crippen LogP contribution in [0.4, 0.5) is 0 Å². The summed E-state index contributed by atoms with van der Waals surface area (Å²) in [5.41, 5.74) is 0.946. The van der Waals surface area contributed by atoms with E-state index in [1.807, 2.05) is 43.3 Å². The van der Waals surface area contributed by atoms with Crippen LogP contribution in [-0.4, -0.2) is 16.1 Å². The van der Waals surface area contributed by atoms with Crippen LogP contribution in [0.1, 0.15) is 23.0 Å². The molecule has 0 radical (unpaired) electrons. The first-order valence-corrected chi connectivity index (χ1v) is 5.79. The first-order chi connectivity index (χ1) is 9.20. The van der Waals surface area contributed by atoms with Crippen molar-refractivity contribution < 1.29 is 14.6 Å². The molecule has 0 fully saturated rings. The molecule has 4 nitrogen and oxygen atoms in total. The second-order valence-electron chi connectivity index (χ2n) is 3.82. The average Bonchev–Trinajstić information content (AvgIpc) is 2.42. The summed E-state index contributed by atoms with van der Waals surface area (Å²) in [7, 11) is 0. The fraction of sp³-hybridized carbons (Fsp3) is 0.0667. The summed E-state index contributed by atoms with van der Waals surface area (Å²) in [5, 5.41) is 8.77. The Morgan fingerprint density at radius 2 is 2.05 bits per heavy atom. The van der Waals surface area contributed by atoms with Crippen molar-refractivity contribution in [2.24, 2.45) is 0 Å². The lowest BCUT2D eigenvalue weighted by molar-refractivity contribution is 0.0690. The third-order valence-corrected chi connectivity index (χ3v) is 2.45. The molecule has 1 heterocycles. The number of hydrogen-bond donors (Lipinski definition) is 1. The summed E-state index contributed by atoms with van der Waals surface area (Å²) in [5.74, 6) is 0.147. The second kappa shape index (κ2) is 5.82. The fourth-order valence-electron chi connectivity index (χ4n) is 1.58. The second-order valence-corrected chi connectivity index (χ2v) is 3.82. The van der Waals surface area contributed by atoms with E-state index < -0.39 is 5.97 Å². The van der Waals surface area contributed by atoms with E-state index in [0.29, 0.717) is 11.5 Å². The van der Waals surface area contributed by atoms with Gasteiger partial charge in [-0.2, -0.15) is 0 Å². The number of rotatable bonds is 4. The molecule has 0 atom stereocenters. The third-order valence-electron chi connectivity index (χ3n) is 2.45. The Hall–Kier alpha value is -2.62. The van der Waals surface area contributed by atoms with Crippen LogP contribution in [0, 0.1) is 0 Å². The molecule has 2 aromatic rings. The molecule has 1 aromatic heterocycles. The van der Waals surface area contributed by atoms with Crippen LogP contribution in [0.5, 0.6) is 11.5 Å².